The maximum Gasteiger partial charge on any atom is 0.337 e. The predicted molar refractivity (Wildman–Crippen MR) is 148 cm³/mol. The van der Waals surface area contributed by atoms with Gasteiger partial charge in [-0.1, -0.05) is 0 Å². The third-order valence-corrected chi connectivity index (χ3v) is 8.58. The number of amides is 1. The van der Waals surface area contributed by atoms with Gasteiger partial charge in [0.15, 0.2) is 15.4 Å². The molecule has 4 rings (SSSR count). The van der Waals surface area contributed by atoms with Gasteiger partial charge in [-0.25, -0.2) is 17.8 Å². The number of phenolic OH excluding ortho intramolecular Hbond substituents is 1. The van der Waals surface area contributed by atoms with E-state index in [4.69, 9.17) is 10.5 Å². The number of hydrogen-bond donors (Lipinski definition) is 3. The lowest BCUT2D eigenvalue weighted by Gasteiger charge is -2.36. The Bertz CT molecular complexity index is 1740. The van der Waals surface area contributed by atoms with Gasteiger partial charge in [0, 0.05) is 24.8 Å². The van der Waals surface area contributed by atoms with E-state index < -0.39 is 32.6 Å². The number of aromatic hydroxyl groups is 1. The molecule has 1 amide bonds. The summed E-state index contributed by atoms with van der Waals surface area (Å²) < 4.78 is 31.9. The topological polar surface area (TPSA) is 163 Å². The molecule has 208 valence electrons. The van der Waals surface area contributed by atoms with Crippen molar-refractivity contribution in [2.45, 2.75) is 64.5 Å². The van der Waals surface area contributed by atoms with E-state index in [2.05, 4.69) is 5.32 Å². The number of nitrogen functional groups attached to an aromatic ring is 1. The molecule has 39 heavy (non-hydrogen) atoms. The molecule has 11 nitrogen and oxygen atoms in total. The molecule has 3 aromatic rings. The summed E-state index contributed by atoms with van der Waals surface area (Å²) in [6.07, 6.45) is 1.79. The van der Waals surface area contributed by atoms with Crippen molar-refractivity contribution in [2.75, 3.05) is 17.3 Å². The highest BCUT2D eigenvalue weighted by molar-refractivity contribution is 7.90. The van der Waals surface area contributed by atoms with E-state index in [0.717, 1.165) is 21.0 Å². The quantitative estimate of drug-likeness (QED) is 0.431. The van der Waals surface area contributed by atoms with Crippen molar-refractivity contribution in [1.82, 2.24) is 9.13 Å². The molecular weight excluding hydrogens is 524 g/mol. The van der Waals surface area contributed by atoms with Gasteiger partial charge in [-0.15, -0.1) is 0 Å². The van der Waals surface area contributed by atoms with Crippen molar-refractivity contribution < 1.29 is 23.1 Å². The molecule has 0 radical (unpaired) electrons. The summed E-state index contributed by atoms with van der Waals surface area (Å²) in [4.78, 5) is 40.0. The Hall–Kier alpha value is -4.06. The summed E-state index contributed by atoms with van der Waals surface area (Å²) in [6.45, 7) is 8.59. The van der Waals surface area contributed by atoms with Crippen LogP contribution in [-0.4, -0.2) is 40.4 Å². The van der Waals surface area contributed by atoms with Gasteiger partial charge >= 0.3 is 5.69 Å². The zero-order valence-corrected chi connectivity index (χ0v) is 23.5. The van der Waals surface area contributed by atoms with Crippen LogP contribution in [0.2, 0.25) is 0 Å². The molecule has 1 atom stereocenters. The highest BCUT2D eigenvalue weighted by Crippen LogP contribution is 2.43. The highest BCUT2D eigenvalue weighted by atomic mass is 32.2. The SMILES string of the molecule is CCn1c(=O)c(NC(=O)C2(C)CCc3c(C)c(O)c(C)c(C)c3O2)c(N)n(-c2ccc(S(C)(=O)=O)cc2)c1=O. The normalized spacial score (nSPS) is 16.9. The van der Waals surface area contributed by atoms with Crippen LogP contribution < -0.4 is 27.0 Å². The van der Waals surface area contributed by atoms with E-state index in [0.29, 0.717) is 28.9 Å². The van der Waals surface area contributed by atoms with Crippen LogP contribution in [-0.2, 0) is 27.6 Å². The largest absolute Gasteiger partial charge is 0.507 e. The average Bonchev–Trinajstić information content (AvgIpc) is 2.88. The van der Waals surface area contributed by atoms with Crippen LogP contribution in [0, 0.1) is 20.8 Å². The number of nitrogens with zero attached hydrogens (tertiary/aromatic N) is 2. The maximum atomic E-state index is 13.6. The van der Waals surface area contributed by atoms with Crippen molar-refractivity contribution in [3.05, 3.63) is 67.4 Å². The first-order chi connectivity index (χ1) is 18.1. The van der Waals surface area contributed by atoms with Crippen molar-refractivity contribution in [1.29, 1.82) is 0 Å². The van der Waals surface area contributed by atoms with Crippen LogP contribution in [0.25, 0.3) is 5.69 Å². The Kier molecular flexibility index (Phi) is 6.88. The molecular formula is C27H32N4O7S. The molecule has 0 saturated carbocycles. The first-order valence-corrected chi connectivity index (χ1v) is 14.3. The van der Waals surface area contributed by atoms with Crippen LogP contribution in [0.15, 0.2) is 38.8 Å². The number of sulfone groups is 1. The van der Waals surface area contributed by atoms with Gasteiger partial charge in [-0.2, -0.15) is 0 Å². The van der Waals surface area contributed by atoms with Crippen LogP contribution in [0.5, 0.6) is 11.5 Å². The molecule has 0 fully saturated rings. The number of nitrogens with one attached hydrogen (secondary N) is 1. The molecule has 0 aliphatic carbocycles. The van der Waals surface area contributed by atoms with E-state index in [1.165, 1.54) is 24.3 Å². The Morgan fingerprint density at radius 3 is 2.31 bits per heavy atom. The van der Waals surface area contributed by atoms with Crippen molar-refractivity contribution in [3.8, 4) is 17.2 Å². The van der Waals surface area contributed by atoms with E-state index in [-0.39, 0.29) is 40.8 Å². The summed E-state index contributed by atoms with van der Waals surface area (Å²) in [5.74, 6) is -0.216. The van der Waals surface area contributed by atoms with Gasteiger partial charge in [-0.05, 0) is 82.0 Å². The molecule has 0 spiro atoms. The number of ether oxygens (including phenoxy) is 1. The average molecular weight is 557 g/mol. The number of anilines is 2. The number of carbonyl (C=O) groups is 1. The Morgan fingerprint density at radius 1 is 1.13 bits per heavy atom. The van der Waals surface area contributed by atoms with E-state index in [1.807, 2.05) is 0 Å². The number of aromatic nitrogens is 2. The monoisotopic (exact) mass is 556 g/mol. The minimum absolute atomic E-state index is 0.00459. The maximum absolute atomic E-state index is 13.6. The fourth-order valence-corrected chi connectivity index (χ4v) is 5.44. The van der Waals surface area contributed by atoms with E-state index in [1.54, 1.807) is 34.6 Å². The minimum atomic E-state index is -3.48. The number of fused-ring (bicyclic) bond motifs is 1. The lowest BCUT2D eigenvalue weighted by atomic mass is 9.86. The Balaban J connectivity index is 1.78. The molecule has 1 unspecified atom stereocenters. The van der Waals surface area contributed by atoms with Crippen LogP contribution >= 0.6 is 0 Å². The molecule has 2 aromatic carbocycles. The predicted octanol–water partition coefficient (Wildman–Crippen LogP) is 2.36. The summed E-state index contributed by atoms with van der Waals surface area (Å²) in [6, 6.07) is 5.45. The number of carbonyl (C=O) groups excluding carboxylic acids is 1. The lowest BCUT2D eigenvalue weighted by molar-refractivity contribution is -0.131. The van der Waals surface area contributed by atoms with Gasteiger partial charge in [0.05, 0.1) is 10.6 Å². The molecule has 1 aliphatic rings. The zero-order valence-electron chi connectivity index (χ0n) is 22.7. The highest BCUT2D eigenvalue weighted by Gasteiger charge is 2.41. The third kappa shape index (κ3) is 4.58. The standard InChI is InChI=1S/C27H32N4O7S/c1-7-30-24(33)20(23(28)31(26(30)35)17-8-10-18(11-9-17)39(6,36)37)29-25(34)27(5)13-12-19-16(4)21(32)14(2)15(3)22(19)38-27/h8-11,32H,7,12-13,28H2,1-6H3,(H,29,34). The zero-order chi connectivity index (χ0) is 29.0. The molecule has 4 N–H and O–H groups in total. The summed E-state index contributed by atoms with van der Waals surface area (Å²) in [5.41, 5.74) is 6.22. The van der Waals surface area contributed by atoms with Gasteiger partial charge < -0.3 is 20.9 Å². The molecule has 12 heteroatoms. The van der Waals surface area contributed by atoms with Crippen molar-refractivity contribution >= 4 is 27.2 Å². The number of benzene rings is 2. The van der Waals surface area contributed by atoms with Crippen LogP contribution in [0.1, 0.15) is 42.5 Å². The Labute approximate surface area is 225 Å². The molecule has 1 aromatic heterocycles. The molecule has 2 heterocycles. The first kappa shape index (κ1) is 28.0. The second-order valence-corrected chi connectivity index (χ2v) is 12.0. The van der Waals surface area contributed by atoms with Crippen LogP contribution in [0.4, 0.5) is 11.5 Å². The van der Waals surface area contributed by atoms with E-state index in [9.17, 15) is 27.9 Å². The summed E-state index contributed by atoms with van der Waals surface area (Å²) in [7, 11) is -3.48. The molecule has 0 saturated heterocycles. The van der Waals surface area contributed by atoms with Gasteiger partial charge in [-0.3, -0.25) is 14.2 Å². The third-order valence-electron chi connectivity index (χ3n) is 7.46. The number of nitrogens with two attached hydrogens (primary N) is 1. The van der Waals surface area contributed by atoms with Gasteiger partial charge in [0.2, 0.25) is 0 Å². The molecule has 1 aliphatic heterocycles. The summed E-state index contributed by atoms with van der Waals surface area (Å²) >= 11 is 0. The Morgan fingerprint density at radius 2 is 1.74 bits per heavy atom. The molecule has 0 bridgehead atoms. The number of rotatable bonds is 5. The van der Waals surface area contributed by atoms with Gasteiger partial charge in [0.25, 0.3) is 11.5 Å². The number of phenols is 1. The first-order valence-electron chi connectivity index (χ1n) is 12.4. The lowest BCUT2D eigenvalue weighted by Crippen LogP contribution is -2.50. The van der Waals surface area contributed by atoms with Gasteiger partial charge in [0.1, 0.15) is 23.0 Å². The van der Waals surface area contributed by atoms with E-state index >= 15 is 0 Å². The summed E-state index contributed by atoms with van der Waals surface area (Å²) in [5, 5.41) is 13.0. The van der Waals surface area contributed by atoms with Crippen molar-refractivity contribution in [3.63, 3.8) is 0 Å². The number of hydrogen-bond acceptors (Lipinski definition) is 8. The van der Waals surface area contributed by atoms with Crippen molar-refractivity contribution in [2.24, 2.45) is 0 Å². The van der Waals surface area contributed by atoms with Crippen LogP contribution in [0.3, 0.4) is 0 Å². The minimum Gasteiger partial charge on any atom is -0.507 e. The fraction of sp³-hybridized carbons (Fsp3) is 0.370. The second kappa shape index (κ2) is 9.60. The second-order valence-electron chi connectivity index (χ2n) is 10.0. The fourth-order valence-electron chi connectivity index (χ4n) is 4.81. The smallest absolute Gasteiger partial charge is 0.337 e.